The molecule has 2 heterocycles. The normalized spacial score (nSPS) is 23.0. The van der Waals surface area contributed by atoms with Crippen molar-refractivity contribution in [3.8, 4) is 12.3 Å². The van der Waals surface area contributed by atoms with Crippen LogP contribution in [0.3, 0.4) is 0 Å². The van der Waals surface area contributed by atoms with Crippen LogP contribution in [0.4, 0.5) is 0 Å². The molecule has 0 spiro atoms. The van der Waals surface area contributed by atoms with Crippen LogP contribution in [-0.2, 0) is 9.53 Å². The van der Waals surface area contributed by atoms with Gasteiger partial charge in [-0.25, -0.2) is 4.99 Å². The number of nitrogens with one attached hydrogen (secondary N) is 1. The largest absolute Gasteiger partial charge is 0.368 e. The van der Waals surface area contributed by atoms with Gasteiger partial charge in [0.05, 0.1) is 0 Å². The van der Waals surface area contributed by atoms with Gasteiger partial charge in [-0.05, 0) is 19.8 Å². The van der Waals surface area contributed by atoms with Gasteiger partial charge in [-0.15, -0.1) is 6.42 Å². The highest BCUT2D eigenvalue weighted by Gasteiger charge is 2.30. The zero-order chi connectivity index (χ0) is 15.1. The van der Waals surface area contributed by atoms with Gasteiger partial charge >= 0.3 is 0 Å². The zero-order valence-corrected chi connectivity index (χ0v) is 12.7. The molecule has 0 aromatic rings. The van der Waals surface area contributed by atoms with Crippen molar-refractivity contribution in [2.75, 3.05) is 45.9 Å². The Morgan fingerprint density at radius 2 is 2.10 bits per heavy atom. The standard InChI is InChI=1S/C15H24N4O2/c1-3-7-17-15(16-4-2)19-10-8-18(9-11-19)14(20)13-6-5-12-21-13/h1,13H,4-12H2,2H3,(H,16,17). The summed E-state index contributed by atoms with van der Waals surface area (Å²) >= 11 is 0. The number of rotatable bonds is 3. The van der Waals surface area contributed by atoms with Crippen molar-refractivity contribution >= 4 is 11.9 Å². The Labute approximate surface area is 126 Å². The summed E-state index contributed by atoms with van der Waals surface area (Å²) in [6, 6.07) is 0. The number of amides is 1. The fourth-order valence-electron chi connectivity index (χ4n) is 2.66. The monoisotopic (exact) mass is 292 g/mol. The van der Waals surface area contributed by atoms with Crippen LogP contribution in [0.25, 0.3) is 0 Å². The molecule has 2 aliphatic heterocycles. The van der Waals surface area contributed by atoms with Gasteiger partial charge in [0.2, 0.25) is 0 Å². The maximum absolute atomic E-state index is 12.3. The predicted molar refractivity (Wildman–Crippen MR) is 81.9 cm³/mol. The summed E-state index contributed by atoms with van der Waals surface area (Å²) in [5.74, 6) is 3.49. The lowest BCUT2D eigenvalue weighted by Gasteiger charge is -2.37. The summed E-state index contributed by atoms with van der Waals surface area (Å²) in [6.07, 6.45) is 6.88. The van der Waals surface area contributed by atoms with E-state index in [4.69, 9.17) is 11.2 Å². The summed E-state index contributed by atoms with van der Waals surface area (Å²) in [4.78, 5) is 20.7. The van der Waals surface area contributed by atoms with Gasteiger partial charge in [-0.2, -0.15) is 0 Å². The molecular weight excluding hydrogens is 268 g/mol. The molecule has 0 radical (unpaired) electrons. The summed E-state index contributed by atoms with van der Waals surface area (Å²) in [5.41, 5.74) is 0. The summed E-state index contributed by atoms with van der Waals surface area (Å²) in [6.45, 7) is 6.88. The van der Waals surface area contributed by atoms with Crippen LogP contribution in [-0.4, -0.2) is 73.6 Å². The van der Waals surface area contributed by atoms with E-state index in [1.54, 1.807) is 0 Å². The van der Waals surface area contributed by atoms with E-state index in [-0.39, 0.29) is 12.0 Å². The van der Waals surface area contributed by atoms with Gasteiger partial charge < -0.3 is 19.9 Å². The molecule has 116 valence electrons. The topological polar surface area (TPSA) is 57.2 Å². The number of ether oxygens (including phenoxy) is 1. The summed E-state index contributed by atoms with van der Waals surface area (Å²) in [5, 5.41) is 3.24. The van der Waals surface area contributed by atoms with Crippen LogP contribution in [0.5, 0.6) is 0 Å². The van der Waals surface area contributed by atoms with Gasteiger partial charge in [0.15, 0.2) is 5.96 Å². The van der Waals surface area contributed by atoms with E-state index in [9.17, 15) is 4.79 Å². The number of carbonyl (C=O) groups is 1. The first-order valence-corrected chi connectivity index (χ1v) is 7.63. The first kappa shape index (κ1) is 15.6. The maximum Gasteiger partial charge on any atom is 0.251 e. The molecule has 2 saturated heterocycles. The van der Waals surface area contributed by atoms with Crippen LogP contribution in [0.15, 0.2) is 4.99 Å². The minimum Gasteiger partial charge on any atom is -0.368 e. The Hall–Kier alpha value is -1.74. The molecule has 2 fully saturated rings. The molecule has 21 heavy (non-hydrogen) atoms. The third-order valence-corrected chi connectivity index (χ3v) is 3.75. The molecule has 2 rings (SSSR count). The summed E-state index contributed by atoms with van der Waals surface area (Å²) in [7, 11) is 0. The quantitative estimate of drug-likeness (QED) is 0.449. The fraction of sp³-hybridized carbons (Fsp3) is 0.733. The molecule has 2 aliphatic rings. The molecule has 0 aromatic heterocycles. The van der Waals surface area contributed by atoms with Gasteiger partial charge in [0.1, 0.15) is 12.6 Å². The Morgan fingerprint density at radius 1 is 1.38 bits per heavy atom. The van der Waals surface area contributed by atoms with Gasteiger partial charge in [0, 0.05) is 39.3 Å². The number of nitrogens with zero attached hydrogens (tertiary/aromatic N) is 3. The van der Waals surface area contributed by atoms with E-state index in [0.29, 0.717) is 26.2 Å². The van der Waals surface area contributed by atoms with E-state index < -0.39 is 0 Å². The highest BCUT2D eigenvalue weighted by molar-refractivity contribution is 5.83. The average molecular weight is 292 g/mol. The number of guanidine groups is 1. The second-order valence-electron chi connectivity index (χ2n) is 5.19. The molecule has 0 aliphatic carbocycles. The Balaban J connectivity index is 1.86. The van der Waals surface area contributed by atoms with Crippen molar-refractivity contribution < 1.29 is 9.53 Å². The van der Waals surface area contributed by atoms with Crippen molar-refractivity contribution in [1.82, 2.24) is 15.1 Å². The fourth-order valence-corrected chi connectivity index (χ4v) is 2.66. The Morgan fingerprint density at radius 3 is 2.67 bits per heavy atom. The van der Waals surface area contributed by atoms with Gasteiger partial charge in [-0.3, -0.25) is 4.79 Å². The second kappa shape index (κ2) is 7.89. The van der Waals surface area contributed by atoms with Crippen LogP contribution in [0, 0.1) is 12.3 Å². The van der Waals surface area contributed by atoms with Gasteiger partial charge in [0.25, 0.3) is 5.91 Å². The van der Waals surface area contributed by atoms with Crippen molar-refractivity contribution in [2.45, 2.75) is 25.9 Å². The molecular formula is C15H24N4O2. The number of hydrogen-bond donors (Lipinski definition) is 1. The lowest BCUT2D eigenvalue weighted by molar-refractivity contribution is -0.142. The predicted octanol–water partition coefficient (Wildman–Crippen LogP) is -0.0917. The molecule has 0 bridgehead atoms. The molecule has 1 atom stereocenters. The smallest absolute Gasteiger partial charge is 0.251 e. The minimum atomic E-state index is -0.222. The SMILES string of the molecule is C#CCN=C(NCC)N1CCN(C(=O)C2CCCO2)CC1. The Bertz CT molecular complexity index is 416. The Kier molecular flexibility index (Phi) is 5.88. The van der Waals surface area contributed by atoms with Crippen LogP contribution in [0.2, 0.25) is 0 Å². The molecule has 1 N–H and O–H groups in total. The van der Waals surface area contributed by atoms with Crippen LogP contribution < -0.4 is 5.32 Å². The lowest BCUT2D eigenvalue weighted by Crippen LogP contribution is -2.55. The number of carbonyl (C=O) groups excluding carboxylic acids is 1. The molecule has 1 amide bonds. The molecule has 1 unspecified atom stereocenters. The van der Waals surface area contributed by atoms with E-state index in [2.05, 4.69) is 21.1 Å². The third kappa shape index (κ3) is 4.11. The van der Waals surface area contributed by atoms with Gasteiger partial charge in [-0.1, -0.05) is 5.92 Å². The molecule has 6 heteroatoms. The van der Waals surface area contributed by atoms with E-state index in [1.165, 1.54) is 0 Å². The second-order valence-corrected chi connectivity index (χ2v) is 5.19. The van der Waals surface area contributed by atoms with Crippen molar-refractivity contribution in [3.05, 3.63) is 0 Å². The number of piperazine rings is 1. The van der Waals surface area contributed by atoms with E-state index >= 15 is 0 Å². The molecule has 0 aromatic carbocycles. The maximum atomic E-state index is 12.3. The number of aliphatic imine (C=N–C) groups is 1. The molecule has 0 saturated carbocycles. The van der Waals surface area contributed by atoms with Crippen LogP contribution in [0.1, 0.15) is 19.8 Å². The lowest BCUT2D eigenvalue weighted by atomic mass is 10.2. The van der Waals surface area contributed by atoms with E-state index in [0.717, 1.165) is 38.4 Å². The van der Waals surface area contributed by atoms with E-state index in [1.807, 2.05) is 11.8 Å². The van der Waals surface area contributed by atoms with Crippen molar-refractivity contribution in [3.63, 3.8) is 0 Å². The highest BCUT2D eigenvalue weighted by Crippen LogP contribution is 2.16. The minimum absolute atomic E-state index is 0.137. The third-order valence-electron chi connectivity index (χ3n) is 3.75. The van der Waals surface area contributed by atoms with Crippen molar-refractivity contribution in [2.24, 2.45) is 4.99 Å². The first-order chi connectivity index (χ1) is 10.3. The van der Waals surface area contributed by atoms with Crippen molar-refractivity contribution in [1.29, 1.82) is 0 Å². The van der Waals surface area contributed by atoms with Crippen LogP contribution >= 0.6 is 0 Å². The zero-order valence-electron chi connectivity index (χ0n) is 12.7. The average Bonchev–Trinajstić information content (AvgIpc) is 3.05. The highest BCUT2D eigenvalue weighted by atomic mass is 16.5. The number of terminal acetylenes is 1. The molecule has 6 nitrogen and oxygen atoms in total. The first-order valence-electron chi connectivity index (χ1n) is 7.63. The summed E-state index contributed by atoms with van der Waals surface area (Å²) < 4.78 is 5.47. The number of hydrogen-bond acceptors (Lipinski definition) is 3.